The van der Waals surface area contributed by atoms with Gasteiger partial charge < -0.3 is 10.5 Å². The minimum Gasteiger partial charge on any atom is -0.439 e. The third-order valence-electron chi connectivity index (χ3n) is 2.72. The van der Waals surface area contributed by atoms with Crippen LogP contribution in [0.2, 0.25) is 0 Å². The number of rotatable bonds is 2. The number of ether oxygens (including phenoxy) is 1. The van der Waals surface area contributed by atoms with E-state index in [2.05, 4.69) is 20.9 Å². The fourth-order valence-electron chi connectivity index (χ4n) is 1.81. The maximum Gasteiger partial charge on any atom is 0.219 e. The summed E-state index contributed by atoms with van der Waals surface area (Å²) in [7, 11) is 0. The van der Waals surface area contributed by atoms with Crippen molar-refractivity contribution >= 4 is 32.5 Å². The Labute approximate surface area is 119 Å². The maximum absolute atomic E-state index is 5.74. The summed E-state index contributed by atoms with van der Waals surface area (Å²) in [5, 5.41) is 1.00. The van der Waals surface area contributed by atoms with Gasteiger partial charge in [0, 0.05) is 21.6 Å². The van der Waals surface area contributed by atoms with Crippen LogP contribution < -0.4 is 10.5 Å². The van der Waals surface area contributed by atoms with Gasteiger partial charge in [0.2, 0.25) is 5.88 Å². The normalized spacial score (nSPS) is 10.6. The molecule has 3 aromatic rings. The summed E-state index contributed by atoms with van der Waals surface area (Å²) in [4.78, 5) is 4.44. The molecule has 0 bridgehead atoms. The van der Waals surface area contributed by atoms with E-state index in [-0.39, 0.29) is 0 Å². The molecule has 4 heteroatoms. The third-order valence-corrected chi connectivity index (χ3v) is 3.25. The summed E-state index contributed by atoms with van der Waals surface area (Å²) in [6.45, 7) is 0. The van der Waals surface area contributed by atoms with Gasteiger partial charge in [-0.05, 0) is 48.5 Å². The van der Waals surface area contributed by atoms with Gasteiger partial charge in [-0.3, -0.25) is 0 Å². The van der Waals surface area contributed by atoms with Crippen LogP contribution in [0.5, 0.6) is 11.6 Å². The fourth-order valence-corrected chi connectivity index (χ4v) is 2.07. The highest BCUT2D eigenvalue weighted by molar-refractivity contribution is 9.10. The molecule has 94 valence electrons. The van der Waals surface area contributed by atoms with E-state index in [0.717, 1.165) is 26.8 Å². The van der Waals surface area contributed by atoms with Crippen LogP contribution in [-0.2, 0) is 0 Å². The molecule has 2 N–H and O–H groups in total. The van der Waals surface area contributed by atoms with Crippen molar-refractivity contribution in [3.63, 3.8) is 0 Å². The van der Waals surface area contributed by atoms with Crippen molar-refractivity contribution in [1.82, 2.24) is 4.98 Å². The number of hydrogen-bond acceptors (Lipinski definition) is 3. The van der Waals surface area contributed by atoms with Gasteiger partial charge in [-0.2, -0.15) is 0 Å². The van der Waals surface area contributed by atoms with E-state index in [1.54, 1.807) is 0 Å². The predicted molar refractivity (Wildman–Crippen MR) is 80.4 cm³/mol. The molecule has 0 radical (unpaired) electrons. The summed E-state index contributed by atoms with van der Waals surface area (Å²) in [5.74, 6) is 1.32. The zero-order valence-corrected chi connectivity index (χ0v) is 11.6. The molecule has 1 aromatic heterocycles. The second kappa shape index (κ2) is 4.90. The molecule has 0 fully saturated rings. The highest BCUT2D eigenvalue weighted by atomic mass is 79.9. The lowest BCUT2D eigenvalue weighted by Gasteiger charge is -2.06. The molecule has 2 aromatic carbocycles. The minimum atomic E-state index is 0.569. The minimum absolute atomic E-state index is 0.569. The zero-order chi connectivity index (χ0) is 13.2. The summed E-state index contributed by atoms with van der Waals surface area (Å²) in [5.41, 5.74) is 7.33. The first kappa shape index (κ1) is 12.0. The molecule has 0 unspecified atom stereocenters. The number of hydrogen-bond donors (Lipinski definition) is 1. The van der Waals surface area contributed by atoms with Crippen molar-refractivity contribution < 1.29 is 4.74 Å². The van der Waals surface area contributed by atoms with E-state index in [9.17, 15) is 0 Å². The van der Waals surface area contributed by atoms with Gasteiger partial charge >= 0.3 is 0 Å². The van der Waals surface area contributed by atoms with Gasteiger partial charge in [-0.1, -0.05) is 15.9 Å². The quantitative estimate of drug-likeness (QED) is 0.714. The first-order chi connectivity index (χ1) is 9.20. The van der Waals surface area contributed by atoms with Crippen LogP contribution in [0.15, 0.2) is 59.1 Å². The number of pyridine rings is 1. The van der Waals surface area contributed by atoms with Crippen molar-refractivity contribution in [1.29, 1.82) is 0 Å². The molecular weight excluding hydrogens is 304 g/mol. The van der Waals surface area contributed by atoms with Gasteiger partial charge in [0.15, 0.2) is 0 Å². The van der Waals surface area contributed by atoms with Crippen molar-refractivity contribution in [2.45, 2.75) is 0 Å². The molecule has 0 aliphatic carbocycles. The van der Waals surface area contributed by atoms with Crippen LogP contribution in [0.1, 0.15) is 0 Å². The van der Waals surface area contributed by atoms with E-state index in [1.807, 2.05) is 54.6 Å². The highest BCUT2D eigenvalue weighted by Crippen LogP contribution is 2.24. The Morgan fingerprint density at radius 2 is 1.74 bits per heavy atom. The fraction of sp³-hybridized carbons (Fsp3) is 0. The topological polar surface area (TPSA) is 48.1 Å². The summed E-state index contributed by atoms with van der Waals surface area (Å²) in [6, 6.07) is 17.0. The Kier molecular flexibility index (Phi) is 3.09. The predicted octanol–water partition coefficient (Wildman–Crippen LogP) is 4.37. The van der Waals surface area contributed by atoms with Crippen LogP contribution in [0.3, 0.4) is 0 Å². The second-order valence-electron chi connectivity index (χ2n) is 4.16. The first-order valence-corrected chi connectivity index (χ1v) is 6.60. The Bertz CT molecular complexity index is 726. The van der Waals surface area contributed by atoms with Gasteiger partial charge in [0.25, 0.3) is 0 Å². The zero-order valence-electron chi connectivity index (χ0n) is 10.0. The smallest absolute Gasteiger partial charge is 0.219 e. The van der Waals surface area contributed by atoms with E-state index in [0.29, 0.717) is 5.88 Å². The van der Waals surface area contributed by atoms with Crippen molar-refractivity contribution in [2.75, 3.05) is 5.73 Å². The van der Waals surface area contributed by atoms with Gasteiger partial charge in [-0.25, -0.2) is 4.98 Å². The number of fused-ring (bicyclic) bond motifs is 1. The SMILES string of the molecule is Nc1ccc2nc(Oc3ccc(Br)cc3)ccc2c1. The monoisotopic (exact) mass is 314 g/mol. The lowest BCUT2D eigenvalue weighted by molar-refractivity contribution is 0.465. The molecule has 0 aliphatic rings. The molecule has 0 amide bonds. The second-order valence-corrected chi connectivity index (χ2v) is 5.07. The van der Waals surface area contributed by atoms with Gasteiger partial charge in [0.1, 0.15) is 5.75 Å². The lowest BCUT2D eigenvalue weighted by Crippen LogP contribution is -1.90. The van der Waals surface area contributed by atoms with Crippen molar-refractivity contribution in [2.24, 2.45) is 0 Å². The Morgan fingerprint density at radius 3 is 2.53 bits per heavy atom. The lowest BCUT2D eigenvalue weighted by atomic mass is 10.2. The van der Waals surface area contributed by atoms with E-state index in [4.69, 9.17) is 10.5 Å². The number of benzene rings is 2. The molecule has 1 heterocycles. The van der Waals surface area contributed by atoms with Crippen LogP contribution in [-0.4, -0.2) is 4.98 Å². The third kappa shape index (κ3) is 2.69. The molecule has 0 saturated heterocycles. The van der Waals surface area contributed by atoms with E-state index in [1.165, 1.54) is 0 Å². The van der Waals surface area contributed by atoms with E-state index < -0.39 is 0 Å². The molecule has 19 heavy (non-hydrogen) atoms. The Hall–Kier alpha value is -2.07. The Balaban J connectivity index is 1.93. The first-order valence-electron chi connectivity index (χ1n) is 5.80. The van der Waals surface area contributed by atoms with Crippen LogP contribution in [0, 0.1) is 0 Å². The molecule has 0 aliphatic heterocycles. The van der Waals surface area contributed by atoms with Crippen molar-refractivity contribution in [3.05, 3.63) is 59.1 Å². The molecule has 0 saturated carbocycles. The maximum atomic E-state index is 5.74. The molecule has 0 atom stereocenters. The van der Waals surface area contributed by atoms with Crippen LogP contribution in [0.4, 0.5) is 5.69 Å². The van der Waals surface area contributed by atoms with Gasteiger partial charge in [-0.15, -0.1) is 0 Å². The largest absolute Gasteiger partial charge is 0.439 e. The summed E-state index contributed by atoms with van der Waals surface area (Å²) in [6.07, 6.45) is 0. The average molecular weight is 315 g/mol. The number of anilines is 1. The number of nitrogen functional groups attached to an aromatic ring is 1. The molecule has 0 spiro atoms. The molecule has 3 nitrogen and oxygen atoms in total. The van der Waals surface area contributed by atoms with Gasteiger partial charge in [0.05, 0.1) is 5.52 Å². The number of nitrogens with zero attached hydrogens (tertiary/aromatic N) is 1. The molecular formula is C15H11BrN2O. The number of halogens is 1. The highest BCUT2D eigenvalue weighted by Gasteiger charge is 2.01. The molecule has 3 rings (SSSR count). The standard InChI is InChI=1S/C15H11BrN2O/c16-11-2-5-13(6-3-11)19-15-8-1-10-9-12(17)4-7-14(10)18-15/h1-9H,17H2. The summed E-state index contributed by atoms with van der Waals surface area (Å²) >= 11 is 3.39. The van der Waals surface area contributed by atoms with Crippen LogP contribution >= 0.6 is 15.9 Å². The Morgan fingerprint density at radius 1 is 0.947 bits per heavy atom. The number of nitrogens with two attached hydrogens (primary N) is 1. The van der Waals surface area contributed by atoms with Crippen LogP contribution in [0.25, 0.3) is 10.9 Å². The number of aromatic nitrogens is 1. The average Bonchev–Trinajstić information content (AvgIpc) is 2.42. The van der Waals surface area contributed by atoms with E-state index >= 15 is 0 Å². The van der Waals surface area contributed by atoms with Crippen molar-refractivity contribution in [3.8, 4) is 11.6 Å². The summed E-state index contributed by atoms with van der Waals surface area (Å²) < 4.78 is 6.72.